The molecule has 2 heterocycles. The van der Waals surface area contributed by atoms with Crippen molar-refractivity contribution in [1.29, 1.82) is 0 Å². The number of amides is 1. The van der Waals surface area contributed by atoms with E-state index in [0.29, 0.717) is 12.3 Å². The number of thioether (sulfide) groups is 1. The summed E-state index contributed by atoms with van der Waals surface area (Å²) in [5.74, 6) is 1.47. The Morgan fingerprint density at radius 1 is 1.23 bits per heavy atom. The van der Waals surface area contributed by atoms with Crippen LogP contribution < -0.4 is 5.32 Å². The van der Waals surface area contributed by atoms with E-state index >= 15 is 0 Å². The van der Waals surface area contributed by atoms with Crippen LogP contribution in [0.25, 0.3) is 5.69 Å². The number of carbonyl (C=O) groups excluding carboxylic acids is 1. The standard InChI is InChI=1S/C20H21N3O2S/c1-15-19(16(2)23(22-15)17-7-4-3-5-8-17)13-21-20(24)10-12-26-14-18-9-6-11-25-18/h3-12H,13-14H2,1-2H3,(H,21,24). The second-order valence-electron chi connectivity index (χ2n) is 5.81. The summed E-state index contributed by atoms with van der Waals surface area (Å²) in [7, 11) is 0. The van der Waals surface area contributed by atoms with Crippen LogP contribution in [-0.2, 0) is 17.1 Å². The highest BCUT2D eigenvalue weighted by atomic mass is 32.2. The largest absolute Gasteiger partial charge is 0.468 e. The van der Waals surface area contributed by atoms with Crippen LogP contribution >= 0.6 is 11.8 Å². The Bertz CT molecular complexity index is 883. The van der Waals surface area contributed by atoms with E-state index in [1.54, 1.807) is 17.7 Å². The summed E-state index contributed by atoms with van der Waals surface area (Å²) in [6, 6.07) is 13.7. The molecule has 0 aliphatic carbocycles. The molecule has 26 heavy (non-hydrogen) atoms. The van der Waals surface area contributed by atoms with Crippen LogP contribution in [0.4, 0.5) is 0 Å². The van der Waals surface area contributed by atoms with E-state index < -0.39 is 0 Å². The van der Waals surface area contributed by atoms with E-state index in [9.17, 15) is 4.79 Å². The number of carbonyl (C=O) groups is 1. The van der Waals surface area contributed by atoms with Gasteiger partial charge < -0.3 is 9.73 Å². The Labute approximate surface area is 157 Å². The number of hydrogen-bond acceptors (Lipinski definition) is 4. The van der Waals surface area contributed by atoms with Gasteiger partial charge in [0.25, 0.3) is 0 Å². The second-order valence-corrected chi connectivity index (χ2v) is 6.70. The number of hydrogen-bond donors (Lipinski definition) is 1. The first-order valence-electron chi connectivity index (χ1n) is 8.34. The molecule has 0 spiro atoms. The predicted octanol–water partition coefficient (Wildman–Crippen LogP) is 4.15. The summed E-state index contributed by atoms with van der Waals surface area (Å²) in [4.78, 5) is 12.0. The van der Waals surface area contributed by atoms with Gasteiger partial charge in [0.15, 0.2) is 0 Å². The molecular weight excluding hydrogens is 346 g/mol. The maximum absolute atomic E-state index is 12.0. The summed E-state index contributed by atoms with van der Waals surface area (Å²) in [5.41, 5.74) is 4.01. The van der Waals surface area contributed by atoms with Crippen molar-refractivity contribution in [3.63, 3.8) is 0 Å². The summed E-state index contributed by atoms with van der Waals surface area (Å²) < 4.78 is 7.16. The summed E-state index contributed by atoms with van der Waals surface area (Å²) >= 11 is 1.52. The molecule has 1 aromatic carbocycles. The number of para-hydroxylation sites is 1. The fraction of sp³-hybridized carbons (Fsp3) is 0.200. The zero-order valence-corrected chi connectivity index (χ0v) is 15.6. The van der Waals surface area contributed by atoms with Gasteiger partial charge in [0, 0.05) is 23.9 Å². The summed E-state index contributed by atoms with van der Waals surface area (Å²) in [5, 5.41) is 9.30. The molecule has 5 nitrogen and oxygen atoms in total. The Balaban J connectivity index is 1.56. The van der Waals surface area contributed by atoms with Crippen molar-refractivity contribution in [3.05, 3.63) is 82.9 Å². The van der Waals surface area contributed by atoms with E-state index in [-0.39, 0.29) is 5.91 Å². The van der Waals surface area contributed by atoms with Crippen LogP contribution in [0, 0.1) is 13.8 Å². The molecule has 0 saturated carbocycles. The van der Waals surface area contributed by atoms with Gasteiger partial charge in [-0.25, -0.2) is 4.68 Å². The number of furan rings is 1. The van der Waals surface area contributed by atoms with Crippen LogP contribution in [0.15, 0.2) is 64.6 Å². The lowest BCUT2D eigenvalue weighted by Gasteiger charge is -2.06. The number of aromatic nitrogens is 2. The van der Waals surface area contributed by atoms with Crippen LogP contribution in [0.3, 0.4) is 0 Å². The van der Waals surface area contributed by atoms with Gasteiger partial charge >= 0.3 is 0 Å². The second kappa shape index (κ2) is 8.58. The lowest BCUT2D eigenvalue weighted by molar-refractivity contribution is -0.116. The molecule has 0 saturated heterocycles. The van der Waals surface area contributed by atoms with Crippen molar-refractivity contribution >= 4 is 17.7 Å². The van der Waals surface area contributed by atoms with Crippen molar-refractivity contribution in [1.82, 2.24) is 15.1 Å². The molecule has 0 fully saturated rings. The molecule has 134 valence electrons. The van der Waals surface area contributed by atoms with Crippen LogP contribution in [0.1, 0.15) is 22.7 Å². The summed E-state index contributed by atoms with van der Waals surface area (Å²) in [6.45, 7) is 4.43. The monoisotopic (exact) mass is 367 g/mol. The molecule has 2 aromatic heterocycles. The van der Waals surface area contributed by atoms with Gasteiger partial charge in [0.1, 0.15) is 5.76 Å². The van der Waals surface area contributed by atoms with E-state index in [1.165, 1.54) is 11.8 Å². The Hall–Kier alpha value is -2.73. The smallest absolute Gasteiger partial charge is 0.244 e. The zero-order chi connectivity index (χ0) is 18.4. The molecule has 6 heteroatoms. The Morgan fingerprint density at radius 2 is 2.04 bits per heavy atom. The zero-order valence-electron chi connectivity index (χ0n) is 14.8. The lowest BCUT2D eigenvalue weighted by atomic mass is 10.2. The van der Waals surface area contributed by atoms with Crippen LogP contribution in [0.2, 0.25) is 0 Å². The third-order valence-electron chi connectivity index (χ3n) is 4.00. The SMILES string of the molecule is Cc1nn(-c2ccccc2)c(C)c1CNC(=O)C=CSCc1ccco1. The molecule has 1 N–H and O–H groups in total. The van der Waals surface area contributed by atoms with Gasteiger partial charge in [0.2, 0.25) is 5.91 Å². The van der Waals surface area contributed by atoms with Crippen molar-refractivity contribution in [3.8, 4) is 5.69 Å². The van der Waals surface area contributed by atoms with E-state index in [0.717, 1.165) is 28.4 Å². The number of nitrogens with zero attached hydrogens (tertiary/aromatic N) is 2. The number of aryl methyl sites for hydroxylation is 1. The minimum absolute atomic E-state index is 0.122. The van der Waals surface area contributed by atoms with Gasteiger partial charge in [-0.05, 0) is 43.5 Å². The van der Waals surface area contributed by atoms with Crippen molar-refractivity contribution in [2.24, 2.45) is 0 Å². The normalized spacial score (nSPS) is 11.2. The van der Waals surface area contributed by atoms with E-state index in [4.69, 9.17) is 4.42 Å². The summed E-state index contributed by atoms with van der Waals surface area (Å²) in [6.07, 6.45) is 3.19. The minimum atomic E-state index is -0.122. The molecule has 0 radical (unpaired) electrons. The first-order chi connectivity index (χ1) is 12.6. The van der Waals surface area contributed by atoms with Crippen LogP contribution in [0.5, 0.6) is 0 Å². The third kappa shape index (κ3) is 4.46. The highest BCUT2D eigenvalue weighted by molar-refractivity contribution is 8.01. The van der Waals surface area contributed by atoms with Gasteiger partial charge in [0.05, 0.1) is 23.4 Å². The topological polar surface area (TPSA) is 60.1 Å². The van der Waals surface area contributed by atoms with Crippen molar-refractivity contribution in [2.75, 3.05) is 0 Å². The molecule has 3 rings (SSSR count). The number of benzene rings is 1. The van der Waals surface area contributed by atoms with Gasteiger partial charge in [-0.3, -0.25) is 4.79 Å². The molecule has 1 amide bonds. The average molecular weight is 367 g/mol. The third-order valence-corrected chi connectivity index (χ3v) is 4.78. The fourth-order valence-electron chi connectivity index (χ4n) is 2.62. The predicted molar refractivity (Wildman–Crippen MR) is 104 cm³/mol. The Morgan fingerprint density at radius 3 is 2.77 bits per heavy atom. The molecule has 3 aromatic rings. The lowest BCUT2D eigenvalue weighted by Crippen LogP contribution is -2.21. The first kappa shape index (κ1) is 18.1. The molecule has 0 aliphatic heterocycles. The maximum atomic E-state index is 12.0. The minimum Gasteiger partial charge on any atom is -0.468 e. The first-order valence-corrected chi connectivity index (χ1v) is 9.39. The van der Waals surface area contributed by atoms with E-state index in [2.05, 4.69) is 10.4 Å². The molecule has 0 bridgehead atoms. The highest BCUT2D eigenvalue weighted by Crippen LogP contribution is 2.18. The number of nitrogens with one attached hydrogen (secondary N) is 1. The van der Waals surface area contributed by atoms with Gasteiger partial charge in [-0.2, -0.15) is 5.10 Å². The molecular formula is C20H21N3O2S. The van der Waals surface area contributed by atoms with Crippen molar-refractivity contribution in [2.45, 2.75) is 26.1 Å². The Kier molecular flexibility index (Phi) is 5.96. The molecule has 0 atom stereocenters. The quantitative estimate of drug-likeness (QED) is 0.638. The van der Waals surface area contributed by atoms with Gasteiger partial charge in [-0.15, -0.1) is 11.8 Å². The van der Waals surface area contributed by atoms with Crippen molar-refractivity contribution < 1.29 is 9.21 Å². The molecule has 0 unspecified atom stereocenters. The highest BCUT2D eigenvalue weighted by Gasteiger charge is 2.12. The number of rotatable bonds is 7. The van der Waals surface area contributed by atoms with Crippen LogP contribution in [-0.4, -0.2) is 15.7 Å². The fourth-order valence-corrected chi connectivity index (χ4v) is 3.27. The average Bonchev–Trinajstić information content (AvgIpc) is 3.26. The van der Waals surface area contributed by atoms with E-state index in [1.807, 2.05) is 61.0 Å². The van der Waals surface area contributed by atoms with Gasteiger partial charge in [-0.1, -0.05) is 18.2 Å². The maximum Gasteiger partial charge on any atom is 0.244 e. The molecule has 0 aliphatic rings.